The maximum atomic E-state index is 5.51. The second-order valence-electron chi connectivity index (χ2n) is 1.44. The minimum Gasteiger partial charge on any atom is -0.496 e. The zero-order valence-corrected chi connectivity index (χ0v) is 5.64. The molecule has 3 heteroatoms. The van der Waals surface area contributed by atoms with Gasteiger partial charge in [-0.3, -0.25) is 0 Å². The number of hydrogen-bond acceptors (Lipinski definition) is 2. The highest BCUT2D eigenvalue weighted by atomic mass is 35.5. The summed E-state index contributed by atoms with van der Waals surface area (Å²) in [7, 11) is 1.56. The highest BCUT2D eigenvalue weighted by molar-refractivity contribution is 6.29. The van der Waals surface area contributed by atoms with E-state index in [-0.39, 0.29) is 0 Å². The first-order chi connectivity index (χ1) is 4.33. The number of rotatable bonds is 1. The summed E-state index contributed by atoms with van der Waals surface area (Å²) in [5.41, 5.74) is 0. The molecule has 0 aliphatic carbocycles. The Morgan fingerprint density at radius 2 is 2.56 bits per heavy atom. The number of hydrogen-bond donors (Lipinski definition) is 0. The molecule has 1 heterocycles. The number of aromatic nitrogens is 1. The van der Waals surface area contributed by atoms with E-state index in [1.807, 2.05) is 0 Å². The van der Waals surface area contributed by atoms with E-state index in [1.54, 1.807) is 13.2 Å². The van der Waals surface area contributed by atoms with Gasteiger partial charge in [0.1, 0.15) is 10.9 Å². The smallest absolute Gasteiger partial charge is 0.132 e. The van der Waals surface area contributed by atoms with E-state index >= 15 is 0 Å². The zero-order valence-electron chi connectivity index (χ0n) is 4.89. The van der Waals surface area contributed by atoms with E-state index in [0.29, 0.717) is 10.9 Å². The van der Waals surface area contributed by atoms with E-state index in [1.165, 1.54) is 6.20 Å². The van der Waals surface area contributed by atoms with Gasteiger partial charge < -0.3 is 4.74 Å². The van der Waals surface area contributed by atoms with Crippen molar-refractivity contribution in [3.05, 3.63) is 23.5 Å². The van der Waals surface area contributed by atoms with Crippen molar-refractivity contribution >= 4 is 11.6 Å². The summed E-state index contributed by atoms with van der Waals surface area (Å²) in [4.78, 5) is 3.72. The molecular formula is C6H5ClNO. The second-order valence-corrected chi connectivity index (χ2v) is 1.83. The van der Waals surface area contributed by atoms with Crippen LogP contribution in [0.3, 0.4) is 0 Å². The number of methoxy groups -OCH3 is 1. The third-order valence-corrected chi connectivity index (χ3v) is 1.07. The summed E-state index contributed by atoms with van der Waals surface area (Å²) in [6.45, 7) is 0. The first-order valence-electron chi connectivity index (χ1n) is 2.40. The lowest BCUT2D eigenvalue weighted by Crippen LogP contribution is -1.82. The molecule has 0 atom stereocenters. The van der Waals surface area contributed by atoms with Crippen molar-refractivity contribution in [1.82, 2.24) is 4.98 Å². The Morgan fingerprint density at radius 3 is 3.00 bits per heavy atom. The van der Waals surface area contributed by atoms with Gasteiger partial charge in [-0.1, -0.05) is 11.6 Å². The maximum Gasteiger partial charge on any atom is 0.132 e. The Bertz CT molecular complexity index is 202. The number of halogens is 1. The summed E-state index contributed by atoms with van der Waals surface area (Å²) >= 11 is 5.51. The molecule has 9 heavy (non-hydrogen) atoms. The quantitative estimate of drug-likeness (QED) is 0.555. The molecule has 2 nitrogen and oxygen atoms in total. The lowest BCUT2D eigenvalue weighted by atomic mass is 10.5. The summed E-state index contributed by atoms with van der Waals surface area (Å²) in [6, 6.07) is 4.34. The zero-order chi connectivity index (χ0) is 6.69. The average Bonchev–Trinajstić information content (AvgIpc) is 1.88. The van der Waals surface area contributed by atoms with Crippen LogP contribution in [-0.2, 0) is 0 Å². The predicted molar refractivity (Wildman–Crippen MR) is 34.6 cm³/mol. The summed E-state index contributed by atoms with van der Waals surface area (Å²) < 4.78 is 4.81. The van der Waals surface area contributed by atoms with Gasteiger partial charge in [-0.05, 0) is 0 Å². The standard InChI is InChI=1S/C6H5ClNO/c1-9-5-2-3-8-6(7)4-5/h3-4H,1H3. The van der Waals surface area contributed by atoms with Crippen LogP contribution in [0.5, 0.6) is 5.75 Å². The molecule has 47 valence electrons. The maximum absolute atomic E-state index is 5.51. The fraction of sp³-hybridized carbons (Fsp3) is 0.167. The van der Waals surface area contributed by atoms with Crippen LogP contribution in [0.2, 0.25) is 5.15 Å². The monoisotopic (exact) mass is 142 g/mol. The van der Waals surface area contributed by atoms with E-state index in [0.717, 1.165) is 0 Å². The highest BCUT2D eigenvalue weighted by Gasteiger charge is 1.90. The Balaban J connectivity index is 2.94. The van der Waals surface area contributed by atoms with Gasteiger partial charge in [0.25, 0.3) is 0 Å². The Kier molecular flexibility index (Phi) is 1.90. The lowest BCUT2D eigenvalue weighted by Gasteiger charge is -1.95. The molecule has 0 aromatic carbocycles. The fourth-order valence-electron chi connectivity index (χ4n) is 0.463. The van der Waals surface area contributed by atoms with Gasteiger partial charge in [-0.15, -0.1) is 0 Å². The normalized spacial score (nSPS) is 9.11. The topological polar surface area (TPSA) is 22.1 Å². The van der Waals surface area contributed by atoms with Gasteiger partial charge in [0.05, 0.1) is 7.11 Å². The molecular weight excluding hydrogens is 138 g/mol. The van der Waals surface area contributed by atoms with Crippen LogP contribution in [0.1, 0.15) is 0 Å². The van der Waals surface area contributed by atoms with Gasteiger partial charge in [-0.2, -0.15) is 0 Å². The van der Waals surface area contributed by atoms with Crippen LogP contribution in [0.4, 0.5) is 0 Å². The minimum absolute atomic E-state index is 0.422. The van der Waals surface area contributed by atoms with E-state index in [2.05, 4.69) is 11.1 Å². The van der Waals surface area contributed by atoms with Gasteiger partial charge >= 0.3 is 0 Å². The van der Waals surface area contributed by atoms with Crippen LogP contribution in [0, 0.1) is 6.07 Å². The summed E-state index contributed by atoms with van der Waals surface area (Å²) in [5, 5.41) is 0.422. The molecule has 0 aliphatic heterocycles. The predicted octanol–water partition coefficient (Wildman–Crippen LogP) is 1.54. The van der Waals surface area contributed by atoms with Crippen molar-refractivity contribution in [2.75, 3.05) is 7.11 Å². The molecule has 1 aromatic rings. The molecule has 0 saturated carbocycles. The largest absolute Gasteiger partial charge is 0.496 e. The highest BCUT2D eigenvalue weighted by Crippen LogP contribution is 2.11. The Morgan fingerprint density at radius 1 is 1.78 bits per heavy atom. The first-order valence-corrected chi connectivity index (χ1v) is 2.78. The fourth-order valence-corrected chi connectivity index (χ4v) is 0.610. The van der Waals surface area contributed by atoms with Crippen LogP contribution in [-0.4, -0.2) is 12.1 Å². The molecule has 0 unspecified atom stereocenters. The van der Waals surface area contributed by atoms with Crippen molar-refractivity contribution in [3.63, 3.8) is 0 Å². The van der Waals surface area contributed by atoms with E-state index in [4.69, 9.17) is 16.3 Å². The van der Waals surface area contributed by atoms with Crippen molar-refractivity contribution < 1.29 is 4.74 Å². The molecule has 0 fully saturated rings. The van der Waals surface area contributed by atoms with Crippen molar-refractivity contribution in [2.24, 2.45) is 0 Å². The molecule has 0 saturated heterocycles. The third kappa shape index (κ3) is 1.57. The number of nitrogens with zero attached hydrogens (tertiary/aromatic N) is 1. The summed E-state index contributed by atoms with van der Waals surface area (Å²) in [6.07, 6.45) is 1.47. The molecule has 0 spiro atoms. The van der Waals surface area contributed by atoms with Gasteiger partial charge in [0.15, 0.2) is 0 Å². The third-order valence-electron chi connectivity index (χ3n) is 0.865. The molecule has 1 radical (unpaired) electrons. The Hall–Kier alpha value is -0.760. The molecule has 0 aliphatic rings. The van der Waals surface area contributed by atoms with Crippen LogP contribution >= 0.6 is 11.6 Å². The first kappa shape index (κ1) is 6.36. The lowest BCUT2D eigenvalue weighted by molar-refractivity contribution is 0.413. The number of ether oxygens (including phenoxy) is 1. The van der Waals surface area contributed by atoms with Crippen LogP contribution in [0.25, 0.3) is 0 Å². The van der Waals surface area contributed by atoms with Gasteiger partial charge in [0, 0.05) is 18.3 Å². The molecule has 1 rings (SSSR count). The SMILES string of the molecule is COc1[c]cnc(Cl)c1. The molecule has 0 N–H and O–H groups in total. The van der Waals surface area contributed by atoms with E-state index < -0.39 is 0 Å². The van der Waals surface area contributed by atoms with Crippen LogP contribution in [0.15, 0.2) is 12.3 Å². The summed E-state index contributed by atoms with van der Waals surface area (Å²) in [5.74, 6) is 0.606. The minimum atomic E-state index is 0.422. The van der Waals surface area contributed by atoms with Gasteiger partial charge in [0.2, 0.25) is 0 Å². The molecule has 0 amide bonds. The molecule has 0 bridgehead atoms. The van der Waals surface area contributed by atoms with E-state index in [9.17, 15) is 0 Å². The van der Waals surface area contributed by atoms with Crippen molar-refractivity contribution in [1.29, 1.82) is 0 Å². The van der Waals surface area contributed by atoms with Gasteiger partial charge in [-0.25, -0.2) is 4.98 Å². The van der Waals surface area contributed by atoms with Crippen molar-refractivity contribution in [3.8, 4) is 5.75 Å². The van der Waals surface area contributed by atoms with Crippen LogP contribution < -0.4 is 4.74 Å². The second kappa shape index (κ2) is 2.69. The van der Waals surface area contributed by atoms with Crippen molar-refractivity contribution in [2.45, 2.75) is 0 Å². The number of pyridine rings is 1. The Labute approximate surface area is 58.4 Å². The molecule has 1 aromatic heterocycles. The average molecular weight is 143 g/mol.